The molecule has 2 aliphatic carbocycles. The van der Waals surface area contributed by atoms with Crippen LogP contribution in [0, 0.1) is 10.8 Å². The van der Waals surface area contributed by atoms with Crippen LogP contribution in [0.15, 0.2) is 0 Å². The summed E-state index contributed by atoms with van der Waals surface area (Å²) < 4.78 is 0. The molecule has 2 aliphatic rings. The SMILES string of the molecule is CNC1CC(C)(C)Cc2nc(C3CC3(C)C)sc21. The van der Waals surface area contributed by atoms with Crippen LogP contribution in [-0.4, -0.2) is 12.0 Å². The van der Waals surface area contributed by atoms with Crippen molar-refractivity contribution >= 4 is 11.3 Å². The monoisotopic (exact) mass is 264 g/mol. The van der Waals surface area contributed by atoms with Gasteiger partial charge in [0.05, 0.1) is 10.7 Å². The lowest BCUT2D eigenvalue weighted by Gasteiger charge is -2.34. The van der Waals surface area contributed by atoms with Crippen molar-refractivity contribution in [3.8, 4) is 0 Å². The van der Waals surface area contributed by atoms with Crippen molar-refractivity contribution in [3.05, 3.63) is 15.6 Å². The summed E-state index contributed by atoms with van der Waals surface area (Å²) in [4.78, 5) is 6.49. The van der Waals surface area contributed by atoms with Crippen LogP contribution < -0.4 is 5.32 Å². The third kappa shape index (κ3) is 2.01. The molecule has 2 unspecified atom stereocenters. The van der Waals surface area contributed by atoms with Crippen LogP contribution in [0.2, 0.25) is 0 Å². The average molecular weight is 264 g/mol. The average Bonchev–Trinajstić information content (AvgIpc) is 2.70. The van der Waals surface area contributed by atoms with E-state index in [1.807, 2.05) is 11.3 Å². The second-order valence-corrected chi connectivity index (χ2v) is 8.56. The molecule has 1 aromatic rings. The van der Waals surface area contributed by atoms with Crippen molar-refractivity contribution in [1.29, 1.82) is 0 Å². The summed E-state index contributed by atoms with van der Waals surface area (Å²) in [5, 5.41) is 4.87. The van der Waals surface area contributed by atoms with Gasteiger partial charge in [-0.2, -0.15) is 0 Å². The van der Waals surface area contributed by atoms with E-state index in [0.717, 1.165) is 6.42 Å². The van der Waals surface area contributed by atoms with Crippen molar-refractivity contribution in [2.75, 3.05) is 7.05 Å². The number of hydrogen-bond donors (Lipinski definition) is 1. The first-order valence-corrected chi connectivity index (χ1v) is 7.81. The maximum absolute atomic E-state index is 4.98. The summed E-state index contributed by atoms with van der Waals surface area (Å²) >= 11 is 1.97. The highest BCUT2D eigenvalue weighted by Crippen LogP contribution is 2.60. The van der Waals surface area contributed by atoms with Gasteiger partial charge in [0.25, 0.3) is 0 Å². The Morgan fingerprint density at radius 1 is 1.22 bits per heavy atom. The summed E-state index contributed by atoms with van der Waals surface area (Å²) in [5.74, 6) is 0.716. The van der Waals surface area contributed by atoms with Crippen LogP contribution >= 0.6 is 11.3 Å². The Balaban J connectivity index is 1.94. The molecule has 0 spiro atoms. The Hall–Kier alpha value is -0.410. The van der Waals surface area contributed by atoms with Gasteiger partial charge in [-0.05, 0) is 37.1 Å². The molecule has 1 fully saturated rings. The molecule has 0 radical (unpaired) electrons. The van der Waals surface area contributed by atoms with Gasteiger partial charge in [0.15, 0.2) is 0 Å². The molecular weight excluding hydrogens is 240 g/mol. The Morgan fingerprint density at radius 3 is 2.44 bits per heavy atom. The molecule has 1 N–H and O–H groups in total. The molecule has 0 aromatic carbocycles. The lowest BCUT2D eigenvalue weighted by Crippen LogP contribution is -2.30. The standard InChI is InChI=1S/C15H24N2S/c1-14(2)7-10(16-5)12-11(8-14)17-13(18-12)9-6-15(9,3)4/h9-10,16H,6-8H2,1-5H3. The molecule has 1 heterocycles. The van der Waals surface area contributed by atoms with Crippen LogP contribution in [0.25, 0.3) is 0 Å². The third-order valence-corrected chi connectivity index (χ3v) is 5.95. The number of aromatic nitrogens is 1. The minimum Gasteiger partial charge on any atom is -0.312 e. The fourth-order valence-corrected chi connectivity index (χ4v) is 4.73. The van der Waals surface area contributed by atoms with Gasteiger partial charge in [0.1, 0.15) is 0 Å². The summed E-state index contributed by atoms with van der Waals surface area (Å²) in [6.07, 6.45) is 3.68. The second-order valence-electron chi connectivity index (χ2n) is 7.49. The van der Waals surface area contributed by atoms with E-state index in [9.17, 15) is 0 Å². The van der Waals surface area contributed by atoms with Gasteiger partial charge in [0.2, 0.25) is 0 Å². The Kier molecular flexibility index (Phi) is 2.66. The van der Waals surface area contributed by atoms with E-state index < -0.39 is 0 Å². The maximum atomic E-state index is 4.98. The van der Waals surface area contributed by atoms with E-state index >= 15 is 0 Å². The van der Waals surface area contributed by atoms with E-state index in [1.165, 1.54) is 28.4 Å². The highest BCUT2D eigenvalue weighted by Gasteiger charge is 2.49. The van der Waals surface area contributed by atoms with E-state index in [4.69, 9.17) is 4.98 Å². The van der Waals surface area contributed by atoms with E-state index in [1.54, 1.807) is 0 Å². The summed E-state index contributed by atoms with van der Waals surface area (Å²) in [5.41, 5.74) is 2.24. The predicted octanol–water partition coefficient (Wildman–Crippen LogP) is 3.89. The molecule has 2 nitrogen and oxygen atoms in total. The topological polar surface area (TPSA) is 24.9 Å². The highest BCUT2D eigenvalue weighted by molar-refractivity contribution is 7.12. The number of nitrogens with one attached hydrogen (secondary N) is 1. The van der Waals surface area contributed by atoms with Crippen LogP contribution in [0.4, 0.5) is 0 Å². The smallest absolute Gasteiger partial charge is 0.0968 e. The number of rotatable bonds is 2. The van der Waals surface area contributed by atoms with Crippen molar-refractivity contribution in [2.45, 2.75) is 58.9 Å². The van der Waals surface area contributed by atoms with Crippen molar-refractivity contribution in [3.63, 3.8) is 0 Å². The highest BCUT2D eigenvalue weighted by atomic mass is 32.1. The van der Waals surface area contributed by atoms with Gasteiger partial charge in [-0.25, -0.2) is 4.98 Å². The van der Waals surface area contributed by atoms with Gasteiger partial charge >= 0.3 is 0 Å². The summed E-state index contributed by atoms with van der Waals surface area (Å²) in [6, 6.07) is 0.511. The molecule has 2 atom stereocenters. The Bertz CT molecular complexity index is 473. The molecule has 1 saturated carbocycles. The molecule has 0 aliphatic heterocycles. The van der Waals surface area contributed by atoms with E-state index in [0.29, 0.717) is 22.8 Å². The van der Waals surface area contributed by atoms with Crippen LogP contribution in [0.5, 0.6) is 0 Å². The Labute approximate surface area is 114 Å². The normalized spacial score (nSPS) is 32.1. The lowest BCUT2D eigenvalue weighted by molar-refractivity contribution is 0.265. The fraction of sp³-hybridized carbons (Fsp3) is 0.800. The van der Waals surface area contributed by atoms with E-state index in [2.05, 4.69) is 40.1 Å². The predicted molar refractivity (Wildman–Crippen MR) is 77.2 cm³/mol. The fourth-order valence-electron chi connectivity index (χ4n) is 3.22. The van der Waals surface area contributed by atoms with Gasteiger partial charge in [0, 0.05) is 16.8 Å². The number of nitrogens with zero attached hydrogens (tertiary/aromatic N) is 1. The largest absolute Gasteiger partial charge is 0.312 e. The first-order chi connectivity index (χ1) is 8.32. The van der Waals surface area contributed by atoms with Crippen molar-refractivity contribution in [2.24, 2.45) is 10.8 Å². The van der Waals surface area contributed by atoms with Crippen LogP contribution in [-0.2, 0) is 6.42 Å². The summed E-state index contributed by atoms with van der Waals surface area (Å²) in [6.45, 7) is 9.44. The van der Waals surface area contributed by atoms with Crippen LogP contribution in [0.3, 0.4) is 0 Å². The molecule has 0 saturated heterocycles. The molecule has 18 heavy (non-hydrogen) atoms. The van der Waals surface area contributed by atoms with Gasteiger partial charge in [-0.1, -0.05) is 27.7 Å². The van der Waals surface area contributed by atoms with Gasteiger partial charge in [-0.3, -0.25) is 0 Å². The molecule has 0 bridgehead atoms. The number of hydrogen-bond acceptors (Lipinski definition) is 3. The first kappa shape index (κ1) is 12.6. The van der Waals surface area contributed by atoms with Crippen LogP contribution in [0.1, 0.15) is 68.1 Å². The minimum atomic E-state index is 0.380. The number of fused-ring (bicyclic) bond motifs is 1. The van der Waals surface area contributed by atoms with Crippen molar-refractivity contribution in [1.82, 2.24) is 10.3 Å². The molecule has 1 aromatic heterocycles. The molecule has 0 amide bonds. The zero-order valence-electron chi connectivity index (χ0n) is 12.1. The zero-order valence-corrected chi connectivity index (χ0v) is 12.9. The third-order valence-electron chi connectivity index (χ3n) is 4.62. The zero-order chi connectivity index (χ0) is 13.1. The minimum absolute atomic E-state index is 0.380. The quantitative estimate of drug-likeness (QED) is 0.876. The molecular formula is C15H24N2S. The van der Waals surface area contributed by atoms with E-state index in [-0.39, 0.29) is 0 Å². The van der Waals surface area contributed by atoms with Gasteiger partial charge in [-0.15, -0.1) is 11.3 Å². The lowest BCUT2D eigenvalue weighted by atomic mass is 9.76. The molecule has 100 valence electrons. The van der Waals surface area contributed by atoms with Gasteiger partial charge < -0.3 is 5.32 Å². The number of thiazole rings is 1. The molecule has 3 rings (SSSR count). The second kappa shape index (κ2) is 3.80. The first-order valence-electron chi connectivity index (χ1n) is 6.99. The summed E-state index contributed by atoms with van der Waals surface area (Å²) in [7, 11) is 2.08. The Morgan fingerprint density at radius 2 is 1.89 bits per heavy atom. The van der Waals surface area contributed by atoms with Crippen molar-refractivity contribution < 1.29 is 0 Å². The maximum Gasteiger partial charge on any atom is 0.0968 e. The molecule has 3 heteroatoms.